The third kappa shape index (κ3) is 3.32. The Bertz CT molecular complexity index is 525. The van der Waals surface area contributed by atoms with Crippen LogP contribution in [0.3, 0.4) is 0 Å². The van der Waals surface area contributed by atoms with Crippen molar-refractivity contribution in [3.8, 4) is 0 Å². The van der Waals surface area contributed by atoms with Gasteiger partial charge in [-0.25, -0.2) is 0 Å². The van der Waals surface area contributed by atoms with E-state index in [2.05, 4.69) is 24.5 Å². The lowest BCUT2D eigenvalue weighted by Gasteiger charge is -2.38. The maximum Gasteiger partial charge on any atom is 0.237 e. The van der Waals surface area contributed by atoms with E-state index < -0.39 is 5.41 Å². The van der Waals surface area contributed by atoms with Crippen LogP contribution < -0.4 is 10.6 Å². The van der Waals surface area contributed by atoms with E-state index in [1.54, 1.807) is 0 Å². The molecule has 1 aliphatic heterocycles. The molecule has 0 aromatic heterocycles. The fourth-order valence-electron chi connectivity index (χ4n) is 2.82. The van der Waals surface area contributed by atoms with Crippen molar-refractivity contribution in [2.24, 2.45) is 0 Å². The smallest absolute Gasteiger partial charge is 0.237 e. The second-order valence-electron chi connectivity index (χ2n) is 6.46. The van der Waals surface area contributed by atoms with Gasteiger partial charge in [0, 0.05) is 12.0 Å². The fourth-order valence-corrected chi connectivity index (χ4v) is 2.82. The van der Waals surface area contributed by atoms with Crippen LogP contribution in [0.15, 0.2) is 30.3 Å². The lowest BCUT2D eigenvalue weighted by Crippen LogP contribution is -2.52. The highest BCUT2D eigenvalue weighted by atomic mass is 16.2. The van der Waals surface area contributed by atoms with E-state index in [-0.39, 0.29) is 17.4 Å². The van der Waals surface area contributed by atoms with Crippen molar-refractivity contribution in [1.29, 1.82) is 0 Å². The van der Waals surface area contributed by atoms with Crippen LogP contribution in [0.4, 0.5) is 0 Å². The molecule has 1 aliphatic rings. The molecule has 2 amide bonds. The monoisotopic (exact) mass is 288 g/mol. The molecule has 114 valence electrons. The zero-order chi connectivity index (χ0) is 15.5. The van der Waals surface area contributed by atoms with Crippen LogP contribution in [-0.2, 0) is 15.0 Å². The van der Waals surface area contributed by atoms with E-state index >= 15 is 0 Å². The maximum atomic E-state index is 12.6. The van der Waals surface area contributed by atoms with Crippen molar-refractivity contribution in [2.45, 2.75) is 50.5 Å². The molecule has 1 saturated heterocycles. The quantitative estimate of drug-likeness (QED) is 0.816. The number of piperidine rings is 1. The van der Waals surface area contributed by atoms with Crippen LogP contribution in [0.1, 0.15) is 45.1 Å². The standard InChI is InChI=1S/C17H24N2O2/c1-16(2,18-3)11-12-17(13-7-5-4-6-8-13)10-9-14(20)19-15(17)21/h4-8,18H,9-12H2,1-3H3,(H,19,20,21). The number of benzene rings is 1. The first kappa shape index (κ1) is 15.7. The summed E-state index contributed by atoms with van der Waals surface area (Å²) in [5.41, 5.74) is 0.370. The van der Waals surface area contributed by atoms with Gasteiger partial charge in [0.1, 0.15) is 0 Å². The van der Waals surface area contributed by atoms with Gasteiger partial charge in [-0.05, 0) is 45.7 Å². The predicted octanol–water partition coefficient (Wildman–Crippen LogP) is 2.14. The number of hydrogen-bond acceptors (Lipinski definition) is 3. The normalized spacial score (nSPS) is 23.0. The maximum absolute atomic E-state index is 12.6. The van der Waals surface area contributed by atoms with Crippen LogP contribution in [0, 0.1) is 0 Å². The molecule has 0 saturated carbocycles. The molecule has 0 bridgehead atoms. The van der Waals surface area contributed by atoms with E-state index in [1.165, 1.54) is 0 Å². The molecule has 2 rings (SSSR count). The molecular weight excluding hydrogens is 264 g/mol. The van der Waals surface area contributed by atoms with Crippen molar-refractivity contribution >= 4 is 11.8 Å². The average molecular weight is 288 g/mol. The second kappa shape index (κ2) is 5.98. The summed E-state index contributed by atoms with van der Waals surface area (Å²) in [5.74, 6) is -0.323. The predicted molar refractivity (Wildman–Crippen MR) is 82.9 cm³/mol. The van der Waals surface area contributed by atoms with Crippen molar-refractivity contribution in [3.05, 3.63) is 35.9 Å². The SMILES string of the molecule is CNC(C)(C)CCC1(c2ccccc2)CCC(=O)NC1=O. The lowest BCUT2D eigenvalue weighted by atomic mass is 9.69. The summed E-state index contributed by atoms with van der Waals surface area (Å²) in [5, 5.41) is 5.80. The third-order valence-corrected chi connectivity index (χ3v) is 4.65. The molecule has 0 radical (unpaired) electrons. The second-order valence-corrected chi connectivity index (χ2v) is 6.46. The Morgan fingerprint density at radius 3 is 2.48 bits per heavy atom. The summed E-state index contributed by atoms with van der Waals surface area (Å²) in [7, 11) is 1.93. The molecular formula is C17H24N2O2. The molecule has 1 heterocycles. The van der Waals surface area contributed by atoms with E-state index in [0.29, 0.717) is 12.8 Å². The lowest BCUT2D eigenvalue weighted by molar-refractivity contribution is -0.138. The number of hydrogen-bond donors (Lipinski definition) is 2. The highest BCUT2D eigenvalue weighted by molar-refractivity contribution is 6.03. The summed E-state index contributed by atoms with van der Waals surface area (Å²) >= 11 is 0. The van der Waals surface area contributed by atoms with Crippen molar-refractivity contribution < 1.29 is 9.59 Å². The van der Waals surface area contributed by atoms with E-state index in [9.17, 15) is 9.59 Å². The molecule has 2 N–H and O–H groups in total. The Morgan fingerprint density at radius 1 is 1.24 bits per heavy atom. The van der Waals surface area contributed by atoms with E-state index in [4.69, 9.17) is 0 Å². The van der Waals surface area contributed by atoms with Gasteiger partial charge in [-0.1, -0.05) is 30.3 Å². The molecule has 1 unspecified atom stereocenters. The first-order chi connectivity index (χ1) is 9.89. The fraction of sp³-hybridized carbons (Fsp3) is 0.529. The molecule has 1 aromatic carbocycles. The first-order valence-electron chi connectivity index (χ1n) is 7.48. The van der Waals surface area contributed by atoms with Gasteiger partial charge in [-0.3, -0.25) is 14.9 Å². The highest BCUT2D eigenvalue weighted by Crippen LogP contribution is 2.38. The summed E-state index contributed by atoms with van der Waals surface area (Å²) in [6.45, 7) is 4.25. The largest absolute Gasteiger partial charge is 0.315 e. The molecule has 1 fully saturated rings. The zero-order valence-electron chi connectivity index (χ0n) is 13.0. The molecule has 4 heteroatoms. The average Bonchev–Trinajstić information content (AvgIpc) is 2.48. The Balaban J connectivity index is 2.31. The van der Waals surface area contributed by atoms with Gasteiger partial charge in [0.15, 0.2) is 0 Å². The number of carbonyl (C=O) groups excluding carboxylic acids is 2. The van der Waals surface area contributed by atoms with Crippen molar-refractivity contribution in [3.63, 3.8) is 0 Å². The summed E-state index contributed by atoms with van der Waals surface area (Å²) in [4.78, 5) is 24.1. The Labute approximate surface area is 126 Å². The van der Waals surface area contributed by atoms with Crippen LogP contribution in [-0.4, -0.2) is 24.4 Å². The number of amides is 2. The van der Waals surface area contributed by atoms with Gasteiger partial charge in [0.2, 0.25) is 11.8 Å². The van der Waals surface area contributed by atoms with Crippen LogP contribution in [0.25, 0.3) is 0 Å². The molecule has 0 spiro atoms. The Morgan fingerprint density at radius 2 is 1.90 bits per heavy atom. The molecule has 4 nitrogen and oxygen atoms in total. The topological polar surface area (TPSA) is 58.2 Å². The summed E-state index contributed by atoms with van der Waals surface area (Å²) in [6, 6.07) is 9.82. The highest BCUT2D eigenvalue weighted by Gasteiger charge is 2.44. The number of carbonyl (C=O) groups is 2. The summed E-state index contributed by atoms with van der Waals surface area (Å²) in [6.07, 6.45) is 2.58. The minimum absolute atomic E-state index is 0.0382. The van der Waals surface area contributed by atoms with Crippen LogP contribution in [0.5, 0.6) is 0 Å². The molecule has 1 atom stereocenters. The number of nitrogens with one attached hydrogen (secondary N) is 2. The van der Waals surface area contributed by atoms with Gasteiger partial charge in [0.25, 0.3) is 0 Å². The van der Waals surface area contributed by atoms with Gasteiger partial charge < -0.3 is 5.32 Å². The van der Waals surface area contributed by atoms with Gasteiger partial charge in [-0.2, -0.15) is 0 Å². The Hall–Kier alpha value is -1.68. The van der Waals surface area contributed by atoms with Crippen molar-refractivity contribution in [2.75, 3.05) is 7.05 Å². The minimum Gasteiger partial charge on any atom is -0.315 e. The molecule has 1 aromatic rings. The minimum atomic E-state index is -0.594. The van der Waals surface area contributed by atoms with Crippen molar-refractivity contribution in [1.82, 2.24) is 10.6 Å². The number of rotatable bonds is 5. The summed E-state index contributed by atoms with van der Waals surface area (Å²) < 4.78 is 0. The van der Waals surface area contributed by atoms with E-state index in [1.807, 2.05) is 37.4 Å². The van der Waals surface area contributed by atoms with Gasteiger partial charge >= 0.3 is 0 Å². The van der Waals surface area contributed by atoms with E-state index in [0.717, 1.165) is 18.4 Å². The Kier molecular flexibility index (Phi) is 4.47. The molecule has 21 heavy (non-hydrogen) atoms. The molecule has 0 aliphatic carbocycles. The number of imide groups is 1. The van der Waals surface area contributed by atoms with Crippen LogP contribution >= 0.6 is 0 Å². The van der Waals surface area contributed by atoms with Gasteiger partial charge in [-0.15, -0.1) is 0 Å². The zero-order valence-corrected chi connectivity index (χ0v) is 13.0. The van der Waals surface area contributed by atoms with Gasteiger partial charge in [0.05, 0.1) is 5.41 Å². The third-order valence-electron chi connectivity index (χ3n) is 4.65. The first-order valence-corrected chi connectivity index (χ1v) is 7.48. The van der Waals surface area contributed by atoms with Crippen LogP contribution in [0.2, 0.25) is 0 Å².